The number of aromatic nitrogens is 1. The topological polar surface area (TPSA) is 79.5 Å². The summed E-state index contributed by atoms with van der Waals surface area (Å²) in [4.78, 5) is 44.6. The van der Waals surface area contributed by atoms with E-state index in [9.17, 15) is 14.4 Å². The molecule has 25 heavy (non-hydrogen) atoms. The number of H-pyrrole nitrogens is 1. The van der Waals surface area contributed by atoms with E-state index in [4.69, 9.17) is 28.0 Å². The second-order valence-corrected chi connectivity index (χ2v) is 6.20. The number of carbonyl (C=O) groups excluding carboxylic acids is 3. The maximum Gasteiger partial charge on any atom is 0.380 e. The van der Waals surface area contributed by atoms with E-state index in [1.54, 1.807) is 24.3 Å². The van der Waals surface area contributed by atoms with Crippen LogP contribution in [0, 0.1) is 0 Å². The van der Waals surface area contributed by atoms with Crippen LogP contribution in [0.2, 0.25) is 10.0 Å². The van der Waals surface area contributed by atoms with Crippen molar-refractivity contribution in [3.05, 3.63) is 69.3 Å². The number of nitrogens with zero attached hydrogens (tertiary/aromatic N) is 1. The molecule has 1 aromatic heterocycles. The first-order chi connectivity index (χ1) is 12.0. The Morgan fingerprint density at radius 2 is 1.64 bits per heavy atom. The molecule has 6 nitrogen and oxygen atoms in total. The lowest BCUT2D eigenvalue weighted by Gasteiger charge is -2.11. The summed E-state index contributed by atoms with van der Waals surface area (Å²) in [7, 11) is 0. The van der Waals surface area contributed by atoms with Crippen LogP contribution in [-0.2, 0) is 4.84 Å². The SMILES string of the molecule is O=C(ON1C(=O)c2ccccc2C1=O)c1cc2c(Cl)cc(Cl)cc2[nH]1. The van der Waals surface area contributed by atoms with Gasteiger partial charge in [0.2, 0.25) is 0 Å². The summed E-state index contributed by atoms with van der Waals surface area (Å²) in [5.41, 5.74) is 0.945. The van der Waals surface area contributed by atoms with Crippen LogP contribution in [0.3, 0.4) is 0 Å². The third kappa shape index (κ3) is 2.47. The van der Waals surface area contributed by atoms with Gasteiger partial charge < -0.3 is 9.82 Å². The minimum Gasteiger partial charge on any atom is -0.349 e. The van der Waals surface area contributed by atoms with Gasteiger partial charge in [0.25, 0.3) is 11.8 Å². The van der Waals surface area contributed by atoms with Gasteiger partial charge in [-0.3, -0.25) is 9.59 Å². The summed E-state index contributed by atoms with van der Waals surface area (Å²) in [6, 6.07) is 10.8. The van der Waals surface area contributed by atoms with Crippen molar-refractivity contribution in [2.45, 2.75) is 0 Å². The van der Waals surface area contributed by atoms with E-state index in [-0.39, 0.29) is 16.8 Å². The number of hydrogen-bond donors (Lipinski definition) is 1. The molecule has 0 saturated heterocycles. The Morgan fingerprint density at radius 1 is 1.00 bits per heavy atom. The van der Waals surface area contributed by atoms with Crippen molar-refractivity contribution in [2.75, 3.05) is 0 Å². The number of aromatic amines is 1. The molecule has 0 fully saturated rings. The summed E-state index contributed by atoms with van der Waals surface area (Å²) < 4.78 is 0. The standard InChI is InChI=1S/C17H8Cl2N2O4/c18-8-5-12(19)11-7-14(20-13(11)6-8)17(24)25-21-15(22)9-3-1-2-4-10(9)16(21)23/h1-7,20H. The zero-order valence-corrected chi connectivity index (χ0v) is 13.9. The molecule has 2 amide bonds. The van der Waals surface area contributed by atoms with Crippen molar-refractivity contribution in [3.8, 4) is 0 Å². The predicted octanol–water partition coefficient (Wildman–Crippen LogP) is 3.84. The molecular weight excluding hydrogens is 367 g/mol. The van der Waals surface area contributed by atoms with Gasteiger partial charge in [0, 0.05) is 15.9 Å². The van der Waals surface area contributed by atoms with Crippen molar-refractivity contribution in [3.63, 3.8) is 0 Å². The molecule has 0 radical (unpaired) electrons. The Balaban J connectivity index is 1.64. The third-order valence-electron chi connectivity index (χ3n) is 3.80. The molecule has 8 heteroatoms. The molecule has 124 valence electrons. The van der Waals surface area contributed by atoms with Gasteiger partial charge in [-0.15, -0.1) is 0 Å². The molecule has 1 N–H and O–H groups in total. The first-order valence-electron chi connectivity index (χ1n) is 7.13. The van der Waals surface area contributed by atoms with E-state index < -0.39 is 17.8 Å². The van der Waals surface area contributed by atoms with Crippen molar-refractivity contribution < 1.29 is 19.2 Å². The summed E-state index contributed by atoms with van der Waals surface area (Å²) in [6.07, 6.45) is 0. The third-order valence-corrected chi connectivity index (χ3v) is 4.33. The van der Waals surface area contributed by atoms with Gasteiger partial charge in [-0.1, -0.05) is 40.4 Å². The number of fused-ring (bicyclic) bond motifs is 2. The van der Waals surface area contributed by atoms with Crippen molar-refractivity contribution in [1.82, 2.24) is 10.0 Å². The Morgan fingerprint density at radius 3 is 2.28 bits per heavy atom. The lowest BCUT2D eigenvalue weighted by atomic mass is 10.1. The molecule has 0 aliphatic carbocycles. The Bertz CT molecular complexity index is 1040. The highest BCUT2D eigenvalue weighted by Gasteiger charge is 2.39. The molecule has 0 atom stereocenters. The maximum atomic E-state index is 12.3. The van der Waals surface area contributed by atoms with E-state index >= 15 is 0 Å². The average Bonchev–Trinajstić information content (AvgIpc) is 3.11. The second-order valence-electron chi connectivity index (χ2n) is 5.36. The van der Waals surface area contributed by atoms with Crippen molar-refractivity contribution in [1.29, 1.82) is 0 Å². The van der Waals surface area contributed by atoms with Crippen LogP contribution in [0.15, 0.2) is 42.5 Å². The number of imide groups is 1. The molecule has 3 aromatic rings. The van der Waals surface area contributed by atoms with Gasteiger partial charge in [0.15, 0.2) is 0 Å². The van der Waals surface area contributed by atoms with E-state index in [1.807, 2.05) is 0 Å². The van der Waals surface area contributed by atoms with Crippen LogP contribution >= 0.6 is 23.2 Å². The largest absolute Gasteiger partial charge is 0.380 e. The number of nitrogens with one attached hydrogen (secondary N) is 1. The number of halogens is 2. The van der Waals surface area contributed by atoms with Crippen LogP contribution in [-0.4, -0.2) is 27.8 Å². The maximum absolute atomic E-state index is 12.3. The summed E-state index contributed by atoms with van der Waals surface area (Å²) in [5, 5.41) is 1.78. The van der Waals surface area contributed by atoms with Crippen LogP contribution in [0.4, 0.5) is 0 Å². The number of carbonyl (C=O) groups is 3. The van der Waals surface area contributed by atoms with E-state index in [0.29, 0.717) is 26.0 Å². The molecule has 0 saturated carbocycles. The summed E-state index contributed by atoms with van der Waals surface area (Å²) in [6.45, 7) is 0. The number of rotatable bonds is 2. The minimum absolute atomic E-state index is 0.0377. The summed E-state index contributed by atoms with van der Waals surface area (Å²) >= 11 is 12.0. The number of hydrogen-bond acceptors (Lipinski definition) is 4. The van der Waals surface area contributed by atoms with Crippen molar-refractivity contribution >= 4 is 51.9 Å². The molecule has 0 bridgehead atoms. The lowest BCUT2D eigenvalue weighted by molar-refractivity contribution is -0.0587. The van der Waals surface area contributed by atoms with E-state index in [0.717, 1.165) is 0 Å². The van der Waals surface area contributed by atoms with Crippen LogP contribution in [0.5, 0.6) is 0 Å². The molecular formula is C17H8Cl2N2O4. The van der Waals surface area contributed by atoms with E-state index in [2.05, 4.69) is 4.98 Å². The second kappa shape index (κ2) is 5.61. The fraction of sp³-hybridized carbons (Fsp3) is 0. The van der Waals surface area contributed by atoms with Gasteiger partial charge >= 0.3 is 5.97 Å². The Hall–Kier alpha value is -2.83. The van der Waals surface area contributed by atoms with Crippen LogP contribution in [0.25, 0.3) is 10.9 Å². The predicted molar refractivity (Wildman–Crippen MR) is 90.7 cm³/mol. The minimum atomic E-state index is -0.891. The monoisotopic (exact) mass is 374 g/mol. The highest BCUT2D eigenvalue weighted by molar-refractivity contribution is 6.38. The lowest BCUT2D eigenvalue weighted by Crippen LogP contribution is -2.32. The highest BCUT2D eigenvalue weighted by atomic mass is 35.5. The number of benzene rings is 2. The molecule has 1 aliphatic rings. The summed E-state index contributed by atoms with van der Waals surface area (Å²) in [5.74, 6) is -2.27. The first-order valence-corrected chi connectivity index (χ1v) is 7.89. The van der Waals surface area contributed by atoms with Gasteiger partial charge in [-0.25, -0.2) is 4.79 Å². The molecule has 0 spiro atoms. The molecule has 4 rings (SSSR count). The van der Waals surface area contributed by atoms with Crippen LogP contribution < -0.4 is 0 Å². The van der Waals surface area contributed by atoms with E-state index in [1.165, 1.54) is 18.2 Å². The quantitative estimate of drug-likeness (QED) is 0.691. The first kappa shape index (κ1) is 15.7. The Kier molecular flexibility index (Phi) is 3.52. The zero-order valence-electron chi connectivity index (χ0n) is 12.4. The van der Waals surface area contributed by atoms with Crippen molar-refractivity contribution in [2.24, 2.45) is 0 Å². The van der Waals surface area contributed by atoms with Gasteiger partial charge in [0.1, 0.15) is 5.69 Å². The Labute approximate surface area is 150 Å². The average molecular weight is 375 g/mol. The smallest absolute Gasteiger partial charge is 0.349 e. The molecule has 2 heterocycles. The van der Waals surface area contributed by atoms with Gasteiger partial charge in [0.05, 0.1) is 16.1 Å². The molecule has 0 unspecified atom stereocenters. The fourth-order valence-electron chi connectivity index (χ4n) is 2.65. The van der Waals surface area contributed by atoms with Gasteiger partial charge in [-0.05, 0) is 30.3 Å². The number of amides is 2. The van der Waals surface area contributed by atoms with Gasteiger partial charge in [-0.2, -0.15) is 0 Å². The molecule has 1 aliphatic heterocycles. The molecule has 2 aromatic carbocycles. The highest BCUT2D eigenvalue weighted by Crippen LogP contribution is 2.29. The fourth-order valence-corrected chi connectivity index (χ4v) is 3.20. The normalized spacial score (nSPS) is 13.4. The number of hydroxylamine groups is 2. The van der Waals surface area contributed by atoms with Crippen LogP contribution in [0.1, 0.15) is 31.2 Å². The zero-order chi connectivity index (χ0) is 17.7.